The summed E-state index contributed by atoms with van der Waals surface area (Å²) < 4.78 is 2.19. The Morgan fingerprint density at radius 2 is 2.14 bits per heavy atom. The van der Waals surface area contributed by atoms with Gasteiger partial charge in [-0.05, 0) is 12.2 Å². The van der Waals surface area contributed by atoms with Gasteiger partial charge in [-0.25, -0.2) is 15.0 Å². The van der Waals surface area contributed by atoms with Gasteiger partial charge in [0.15, 0.2) is 9.99 Å². The Balaban J connectivity index is 2.66. The van der Waals surface area contributed by atoms with E-state index >= 15 is 0 Å². The maximum Gasteiger partial charge on any atom is 0.175 e. The first kappa shape index (κ1) is 9.86. The van der Waals surface area contributed by atoms with Crippen molar-refractivity contribution in [3.8, 4) is 0 Å². The fourth-order valence-electron chi connectivity index (χ4n) is 1.25. The summed E-state index contributed by atoms with van der Waals surface area (Å²) in [6.45, 7) is 4.28. The van der Waals surface area contributed by atoms with Crippen molar-refractivity contribution in [2.24, 2.45) is 0 Å². The van der Waals surface area contributed by atoms with Crippen LogP contribution in [-0.4, -0.2) is 21.2 Å². The van der Waals surface area contributed by atoms with Gasteiger partial charge in [-0.1, -0.05) is 25.6 Å². The fraction of sp³-hybridized carbons (Fsp3) is 0.444. The molecule has 2 heterocycles. The second-order valence-electron chi connectivity index (χ2n) is 3.25. The standard InChI is InChI=1S/C9H11N3S2/c1-5(2)6-7-8(11-4-10-6)12-9(13-3)14-7/h4-5H,1-3H3. The molecular weight excluding hydrogens is 214 g/mol. The van der Waals surface area contributed by atoms with Crippen molar-refractivity contribution in [2.75, 3.05) is 6.26 Å². The zero-order valence-electron chi connectivity index (χ0n) is 8.31. The lowest BCUT2D eigenvalue weighted by Gasteiger charge is -2.02. The molecule has 74 valence electrons. The van der Waals surface area contributed by atoms with Crippen LogP contribution >= 0.6 is 23.1 Å². The average molecular weight is 225 g/mol. The second-order valence-corrected chi connectivity index (χ2v) is 5.30. The molecule has 0 aliphatic carbocycles. The van der Waals surface area contributed by atoms with Gasteiger partial charge < -0.3 is 0 Å². The predicted octanol–water partition coefficient (Wildman–Crippen LogP) is 2.93. The summed E-state index contributed by atoms with van der Waals surface area (Å²) in [5, 5.41) is 0. The molecule has 0 unspecified atom stereocenters. The van der Waals surface area contributed by atoms with Crippen LogP contribution in [0.2, 0.25) is 0 Å². The monoisotopic (exact) mass is 225 g/mol. The molecule has 0 saturated heterocycles. The summed E-state index contributed by atoms with van der Waals surface area (Å²) in [7, 11) is 0. The van der Waals surface area contributed by atoms with Crippen molar-refractivity contribution in [2.45, 2.75) is 24.1 Å². The molecule has 0 aliphatic heterocycles. The highest BCUT2D eigenvalue weighted by Crippen LogP contribution is 2.31. The van der Waals surface area contributed by atoms with Crippen LogP contribution in [0.5, 0.6) is 0 Å². The predicted molar refractivity (Wildman–Crippen MR) is 61.1 cm³/mol. The average Bonchev–Trinajstić information content (AvgIpc) is 2.59. The Bertz CT molecular complexity index is 450. The van der Waals surface area contributed by atoms with Crippen molar-refractivity contribution >= 4 is 33.4 Å². The number of fused-ring (bicyclic) bond motifs is 1. The normalized spacial score (nSPS) is 11.4. The molecule has 0 amide bonds. The second kappa shape index (κ2) is 3.82. The maximum absolute atomic E-state index is 4.40. The summed E-state index contributed by atoms with van der Waals surface area (Å²) in [6, 6.07) is 0. The number of nitrogens with zero attached hydrogens (tertiary/aromatic N) is 3. The SMILES string of the molecule is CSc1nc2ncnc(C(C)C)c2s1. The van der Waals surface area contributed by atoms with E-state index in [1.807, 2.05) is 6.26 Å². The van der Waals surface area contributed by atoms with Crippen LogP contribution in [0.1, 0.15) is 25.5 Å². The molecule has 5 heteroatoms. The number of thioether (sulfide) groups is 1. The minimum absolute atomic E-state index is 0.427. The van der Waals surface area contributed by atoms with E-state index in [1.165, 1.54) is 0 Å². The van der Waals surface area contributed by atoms with E-state index in [9.17, 15) is 0 Å². The summed E-state index contributed by atoms with van der Waals surface area (Å²) in [5.41, 5.74) is 1.94. The van der Waals surface area contributed by atoms with Crippen LogP contribution in [0.25, 0.3) is 10.3 Å². The molecule has 0 N–H and O–H groups in total. The summed E-state index contributed by atoms with van der Waals surface area (Å²) >= 11 is 3.33. The largest absolute Gasteiger partial charge is 0.239 e. The van der Waals surface area contributed by atoms with Crippen molar-refractivity contribution in [3.05, 3.63) is 12.0 Å². The van der Waals surface area contributed by atoms with Crippen LogP contribution < -0.4 is 0 Å². The van der Waals surface area contributed by atoms with Crippen molar-refractivity contribution in [1.82, 2.24) is 15.0 Å². The quantitative estimate of drug-likeness (QED) is 0.737. The van der Waals surface area contributed by atoms with Gasteiger partial charge in [-0.15, -0.1) is 11.3 Å². The third-order valence-electron chi connectivity index (χ3n) is 1.92. The molecule has 0 aromatic carbocycles. The number of thiazole rings is 1. The molecule has 2 aromatic rings. The maximum atomic E-state index is 4.40. The lowest BCUT2D eigenvalue weighted by Crippen LogP contribution is -1.93. The van der Waals surface area contributed by atoms with E-state index < -0.39 is 0 Å². The summed E-state index contributed by atoms with van der Waals surface area (Å²) in [4.78, 5) is 12.9. The number of rotatable bonds is 2. The van der Waals surface area contributed by atoms with Gasteiger partial charge in [0.25, 0.3) is 0 Å². The molecule has 0 radical (unpaired) electrons. The molecule has 0 atom stereocenters. The highest BCUT2D eigenvalue weighted by molar-refractivity contribution is 8.00. The molecule has 0 saturated carbocycles. The first-order valence-electron chi connectivity index (χ1n) is 4.37. The van der Waals surface area contributed by atoms with Crippen LogP contribution in [0.4, 0.5) is 0 Å². The Kier molecular flexibility index (Phi) is 2.69. The third kappa shape index (κ3) is 1.62. The van der Waals surface area contributed by atoms with Gasteiger partial charge in [0, 0.05) is 0 Å². The van der Waals surface area contributed by atoms with Crippen molar-refractivity contribution in [3.63, 3.8) is 0 Å². The Labute approximate surface area is 91.0 Å². The molecule has 2 aromatic heterocycles. The number of hydrogen-bond donors (Lipinski definition) is 0. The summed E-state index contributed by atoms with van der Waals surface area (Å²) in [5.74, 6) is 0.427. The number of hydrogen-bond acceptors (Lipinski definition) is 5. The van der Waals surface area contributed by atoms with E-state index in [2.05, 4.69) is 28.8 Å². The highest BCUT2D eigenvalue weighted by Gasteiger charge is 2.11. The first-order chi connectivity index (χ1) is 6.72. The van der Waals surface area contributed by atoms with Crippen molar-refractivity contribution < 1.29 is 0 Å². The topological polar surface area (TPSA) is 38.7 Å². The minimum atomic E-state index is 0.427. The van der Waals surface area contributed by atoms with Gasteiger partial charge >= 0.3 is 0 Å². The molecule has 0 aliphatic rings. The van der Waals surface area contributed by atoms with Crippen LogP contribution in [-0.2, 0) is 0 Å². The van der Waals surface area contributed by atoms with Gasteiger partial charge in [0.2, 0.25) is 0 Å². The summed E-state index contributed by atoms with van der Waals surface area (Å²) in [6.07, 6.45) is 3.63. The minimum Gasteiger partial charge on any atom is -0.239 e. The Hall–Kier alpha value is -0.680. The van der Waals surface area contributed by atoms with E-state index in [4.69, 9.17) is 0 Å². The molecular formula is C9H11N3S2. The Morgan fingerprint density at radius 3 is 2.79 bits per heavy atom. The molecule has 2 rings (SSSR count). The molecule has 0 fully saturated rings. The molecule has 0 bridgehead atoms. The Morgan fingerprint density at radius 1 is 1.36 bits per heavy atom. The third-order valence-corrected chi connectivity index (χ3v) is 3.97. The van der Waals surface area contributed by atoms with Crippen LogP contribution in [0, 0.1) is 0 Å². The van der Waals surface area contributed by atoms with E-state index in [0.717, 1.165) is 20.4 Å². The lowest BCUT2D eigenvalue weighted by molar-refractivity contribution is 0.830. The van der Waals surface area contributed by atoms with E-state index in [-0.39, 0.29) is 0 Å². The van der Waals surface area contributed by atoms with Gasteiger partial charge in [-0.3, -0.25) is 0 Å². The molecule has 3 nitrogen and oxygen atoms in total. The molecule has 14 heavy (non-hydrogen) atoms. The van der Waals surface area contributed by atoms with E-state index in [1.54, 1.807) is 29.4 Å². The van der Waals surface area contributed by atoms with Crippen LogP contribution in [0.15, 0.2) is 10.7 Å². The van der Waals surface area contributed by atoms with Crippen LogP contribution in [0.3, 0.4) is 0 Å². The van der Waals surface area contributed by atoms with E-state index in [0.29, 0.717) is 5.92 Å². The molecule has 0 spiro atoms. The van der Waals surface area contributed by atoms with Gasteiger partial charge in [0.05, 0.1) is 10.4 Å². The van der Waals surface area contributed by atoms with Crippen molar-refractivity contribution in [1.29, 1.82) is 0 Å². The zero-order chi connectivity index (χ0) is 10.1. The zero-order valence-corrected chi connectivity index (χ0v) is 9.95. The lowest BCUT2D eigenvalue weighted by atomic mass is 10.1. The number of aromatic nitrogens is 3. The highest BCUT2D eigenvalue weighted by atomic mass is 32.2. The van der Waals surface area contributed by atoms with Gasteiger partial charge in [-0.2, -0.15) is 0 Å². The van der Waals surface area contributed by atoms with Gasteiger partial charge in [0.1, 0.15) is 6.33 Å². The fourth-order valence-corrected chi connectivity index (χ4v) is 2.90. The smallest absolute Gasteiger partial charge is 0.175 e. The first-order valence-corrected chi connectivity index (χ1v) is 6.42.